The summed E-state index contributed by atoms with van der Waals surface area (Å²) >= 11 is 1.53. The Balaban J connectivity index is 2.82. The summed E-state index contributed by atoms with van der Waals surface area (Å²) in [5.41, 5.74) is 0. The van der Waals surface area contributed by atoms with Crippen LogP contribution in [0.5, 0.6) is 0 Å². The molecular weight excluding hydrogens is 256 g/mol. The lowest BCUT2D eigenvalue weighted by Crippen LogP contribution is -2.49. The highest BCUT2D eigenvalue weighted by Gasteiger charge is 2.41. The van der Waals surface area contributed by atoms with E-state index in [1.54, 1.807) is 20.8 Å². The zero-order valence-corrected chi connectivity index (χ0v) is 12.5. The molecule has 1 rings (SSSR count). The first-order valence-corrected chi connectivity index (χ1v) is 8.31. The predicted octanol–water partition coefficient (Wildman–Crippen LogP) is 1.84. The van der Waals surface area contributed by atoms with Crippen LogP contribution in [0.4, 0.5) is 0 Å². The molecule has 0 aromatic rings. The van der Waals surface area contributed by atoms with Crippen LogP contribution in [0.2, 0.25) is 0 Å². The minimum absolute atomic E-state index is 0.399. The largest absolute Gasteiger partial charge is 0.219 e. The van der Waals surface area contributed by atoms with Crippen molar-refractivity contribution in [1.82, 2.24) is 4.31 Å². The van der Waals surface area contributed by atoms with E-state index in [-0.39, 0.29) is 0 Å². The molecule has 0 saturated carbocycles. The molecule has 1 fully saturated rings. The maximum Gasteiger partial charge on any atom is 0.219 e. The maximum atomic E-state index is 12.2. The Bertz CT molecular complexity index is 410. The van der Waals surface area contributed by atoms with Crippen LogP contribution in [-0.4, -0.2) is 41.6 Å². The van der Waals surface area contributed by atoms with Crippen molar-refractivity contribution in [2.24, 2.45) is 0 Å². The summed E-state index contributed by atoms with van der Waals surface area (Å²) in [5.74, 6) is 0. The monoisotopic (exact) mass is 276 g/mol. The van der Waals surface area contributed by atoms with E-state index in [9.17, 15) is 8.42 Å². The van der Waals surface area contributed by atoms with Crippen LogP contribution in [-0.2, 0) is 10.0 Å². The fourth-order valence-electron chi connectivity index (χ4n) is 1.84. The van der Waals surface area contributed by atoms with Crippen molar-refractivity contribution in [3.63, 3.8) is 0 Å². The topological polar surface area (TPSA) is 61.2 Å². The number of nitrogens with zero attached hydrogens (tertiary/aromatic N) is 2. The van der Waals surface area contributed by atoms with Crippen LogP contribution >= 0.6 is 11.8 Å². The second kappa shape index (κ2) is 4.79. The summed E-state index contributed by atoms with van der Waals surface area (Å²) in [6, 6.07) is 2.32. The van der Waals surface area contributed by atoms with Gasteiger partial charge in [0.15, 0.2) is 0 Å². The van der Waals surface area contributed by atoms with Crippen LogP contribution in [0.1, 0.15) is 33.6 Å². The van der Waals surface area contributed by atoms with Crippen molar-refractivity contribution >= 4 is 21.8 Å². The van der Waals surface area contributed by atoms with Crippen molar-refractivity contribution in [1.29, 1.82) is 5.26 Å². The molecule has 1 aliphatic rings. The second-order valence-electron chi connectivity index (χ2n) is 5.33. The number of hydrogen-bond donors (Lipinski definition) is 0. The van der Waals surface area contributed by atoms with Crippen LogP contribution < -0.4 is 0 Å². The van der Waals surface area contributed by atoms with Crippen molar-refractivity contribution in [2.75, 3.05) is 19.3 Å². The van der Waals surface area contributed by atoms with Gasteiger partial charge in [0.05, 0.1) is 10.8 Å². The average Bonchev–Trinajstić information content (AvgIpc) is 2.27. The standard InChI is InChI=1S/C11H20N2O2S2/c1-10(2,3)17(14,15)13-7-5-11(9-12,16-4)6-8-13/h5-8H2,1-4H3. The number of piperidine rings is 1. The van der Waals surface area contributed by atoms with Gasteiger partial charge in [0.25, 0.3) is 0 Å². The Morgan fingerprint density at radius 1 is 1.29 bits per heavy atom. The van der Waals surface area contributed by atoms with Gasteiger partial charge in [0.2, 0.25) is 10.0 Å². The van der Waals surface area contributed by atoms with Crippen LogP contribution in [0.25, 0.3) is 0 Å². The number of hydrogen-bond acceptors (Lipinski definition) is 4. The molecule has 0 spiro atoms. The summed E-state index contributed by atoms with van der Waals surface area (Å²) in [4.78, 5) is 0. The number of thioether (sulfide) groups is 1. The molecule has 0 amide bonds. The minimum Gasteiger partial charge on any atom is -0.212 e. The summed E-state index contributed by atoms with van der Waals surface area (Å²) in [7, 11) is -3.25. The van der Waals surface area contributed by atoms with Gasteiger partial charge < -0.3 is 0 Å². The zero-order chi connectivity index (χ0) is 13.3. The number of rotatable bonds is 2. The quantitative estimate of drug-likeness (QED) is 0.772. The molecule has 0 atom stereocenters. The summed E-state index contributed by atoms with van der Waals surface area (Å²) in [6.07, 6.45) is 3.14. The van der Waals surface area contributed by atoms with Gasteiger partial charge in [-0.3, -0.25) is 0 Å². The SMILES string of the molecule is CSC1(C#N)CCN(S(=O)(=O)C(C)(C)C)CC1. The van der Waals surface area contributed by atoms with Gasteiger partial charge in [0.1, 0.15) is 4.75 Å². The van der Waals surface area contributed by atoms with E-state index in [0.29, 0.717) is 25.9 Å². The molecule has 4 nitrogen and oxygen atoms in total. The van der Waals surface area contributed by atoms with Crippen molar-refractivity contribution in [3.8, 4) is 6.07 Å². The minimum atomic E-state index is -3.25. The Morgan fingerprint density at radius 3 is 2.06 bits per heavy atom. The normalized spacial score (nSPS) is 22.1. The average molecular weight is 276 g/mol. The maximum absolute atomic E-state index is 12.2. The molecule has 0 N–H and O–H groups in total. The first-order valence-electron chi connectivity index (χ1n) is 5.65. The summed E-state index contributed by atoms with van der Waals surface area (Å²) in [6.45, 7) is 6.04. The first-order chi connectivity index (χ1) is 7.68. The lowest BCUT2D eigenvalue weighted by atomic mass is 9.99. The van der Waals surface area contributed by atoms with E-state index < -0.39 is 19.5 Å². The van der Waals surface area contributed by atoms with Crippen molar-refractivity contribution in [2.45, 2.75) is 43.1 Å². The highest BCUT2D eigenvalue weighted by Crippen LogP contribution is 2.36. The molecule has 98 valence electrons. The molecule has 1 heterocycles. The smallest absolute Gasteiger partial charge is 0.212 e. The molecule has 6 heteroatoms. The van der Waals surface area contributed by atoms with E-state index in [1.807, 2.05) is 6.26 Å². The predicted molar refractivity (Wildman–Crippen MR) is 71.3 cm³/mol. The van der Waals surface area contributed by atoms with Crippen molar-refractivity contribution in [3.05, 3.63) is 0 Å². The highest BCUT2D eigenvalue weighted by atomic mass is 32.2. The van der Waals surface area contributed by atoms with Gasteiger partial charge in [-0.2, -0.15) is 5.26 Å². The van der Waals surface area contributed by atoms with E-state index in [0.717, 1.165) is 0 Å². The molecule has 1 aliphatic heterocycles. The van der Waals surface area contributed by atoms with Gasteiger partial charge in [-0.05, 0) is 39.9 Å². The zero-order valence-electron chi connectivity index (χ0n) is 10.9. The third-order valence-corrected chi connectivity index (χ3v) is 7.11. The van der Waals surface area contributed by atoms with Crippen molar-refractivity contribution < 1.29 is 8.42 Å². The molecule has 0 unspecified atom stereocenters. The second-order valence-corrected chi connectivity index (χ2v) is 9.21. The Morgan fingerprint density at radius 2 is 1.76 bits per heavy atom. The Hall–Kier alpha value is -0.250. The Labute approximate surface area is 108 Å². The van der Waals surface area contributed by atoms with Crippen LogP contribution in [0, 0.1) is 11.3 Å². The van der Waals surface area contributed by atoms with Crippen LogP contribution in [0.15, 0.2) is 0 Å². The molecule has 1 saturated heterocycles. The summed E-state index contributed by atoms with van der Waals surface area (Å²) in [5, 5.41) is 9.15. The molecule has 0 aromatic heterocycles. The third kappa shape index (κ3) is 2.78. The van der Waals surface area contributed by atoms with Crippen LogP contribution in [0.3, 0.4) is 0 Å². The molecule has 0 aromatic carbocycles. The van der Waals surface area contributed by atoms with E-state index in [2.05, 4.69) is 6.07 Å². The highest BCUT2D eigenvalue weighted by molar-refractivity contribution is 8.00. The first kappa shape index (κ1) is 14.8. The fraction of sp³-hybridized carbons (Fsp3) is 0.909. The fourth-order valence-corrected chi connectivity index (χ4v) is 3.96. The van der Waals surface area contributed by atoms with Gasteiger partial charge in [-0.1, -0.05) is 0 Å². The van der Waals surface area contributed by atoms with E-state index >= 15 is 0 Å². The molecule has 17 heavy (non-hydrogen) atoms. The molecule has 0 bridgehead atoms. The molecule has 0 aliphatic carbocycles. The number of nitriles is 1. The third-order valence-electron chi connectivity index (χ3n) is 3.24. The van der Waals surface area contributed by atoms with E-state index in [1.165, 1.54) is 16.1 Å². The van der Waals surface area contributed by atoms with Gasteiger partial charge >= 0.3 is 0 Å². The van der Waals surface area contributed by atoms with E-state index in [4.69, 9.17) is 5.26 Å². The lowest BCUT2D eigenvalue weighted by molar-refractivity contribution is 0.319. The Kier molecular flexibility index (Phi) is 4.17. The molecule has 0 radical (unpaired) electrons. The van der Waals surface area contributed by atoms with Gasteiger partial charge in [-0.15, -0.1) is 11.8 Å². The lowest BCUT2D eigenvalue weighted by Gasteiger charge is -2.38. The number of sulfonamides is 1. The summed E-state index contributed by atoms with van der Waals surface area (Å²) < 4.78 is 24.8. The van der Waals surface area contributed by atoms with Gasteiger partial charge in [0, 0.05) is 13.1 Å². The van der Waals surface area contributed by atoms with Gasteiger partial charge in [-0.25, -0.2) is 12.7 Å². The molecular formula is C11H20N2O2S2.